The van der Waals surface area contributed by atoms with Crippen LogP contribution in [-0.2, 0) is 13.0 Å². The van der Waals surface area contributed by atoms with E-state index in [9.17, 15) is 4.79 Å². The van der Waals surface area contributed by atoms with Crippen molar-refractivity contribution in [2.75, 3.05) is 11.6 Å². The summed E-state index contributed by atoms with van der Waals surface area (Å²) in [7, 11) is 0. The maximum Gasteiger partial charge on any atom is 0.336 e. The van der Waals surface area contributed by atoms with E-state index in [2.05, 4.69) is 49.9 Å². The van der Waals surface area contributed by atoms with E-state index in [0.717, 1.165) is 53.6 Å². The fraction of sp³-hybridized carbons (Fsp3) is 0.400. The van der Waals surface area contributed by atoms with Gasteiger partial charge in [0.05, 0.1) is 12.1 Å². The Morgan fingerprint density at radius 3 is 2.62 bits per heavy atom. The van der Waals surface area contributed by atoms with Crippen molar-refractivity contribution < 1.29 is 9.15 Å². The first-order chi connectivity index (χ1) is 14.1. The van der Waals surface area contributed by atoms with Crippen LogP contribution in [0.2, 0.25) is 0 Å². The Morgan fingerprint density at radius 1 is 1.10 bits per heavy atom. The molecule has 0 aliphatic carbocycles. The van der Waals surface area contributed by atoms with Crippen molar-refractivity contribution in [1.82, 2.24) is 0 Å². The predicted octanol–water partition coefficient (Wildman–Crippen LogP) is 6.01. The largest absolute Gasteiger partial charge is 0.473 e. The van der Waals surface area contributed by atoms with Crippen LogP contribution in [0.1, 0.15) is 62.6 Å². The molecule has 3 aromatic rings. The molecule has 2 aromatic carbocycles. The van der Waals surface area contributed by atoms with Gasteiger partial charge in [-0.1, -0.05) is 39.3 Å². The maximum atomic E-state index is 12.2. The van der Waals surface area contributed by atoms with Gasteiger partial charge in [-0.3, -0.25) is 0 Å². The molecule has 4 heteroatoms. The van der Waals surface area contributed by atoms with Crippen LogP contribution in [0.25, 0.3) is 11.0 Å². The van der Waals surface area contributed by atoms with Crippen molar-refractivity contribution >= 4 is 16.7 Å². The summed E-state index contributed by atoms with van der Waals surface area (Å²) in [5, 5.41) is 1.02. The molecule has 152 valence electrons. The Kier molecular flexibility index (Phi) is 5.61. The van der Waals surface area contributed by atoms with Gasteiger partial charge in [-0.25, -0.2) is 4.79 Å². The Morgan fingerprint density at radius 2 is 1.90 bits per heavy atom. The number of anilines is 1. The number of ether oxygens (including phenoxy) is 1. The van der Waals surface area contributed by atoms with Crippen molar-refractivity contribution in [1.29, 1.82) is 0 Å². The zero-order valence-corrected chi connectivity index (χ0v) is 17.5. The van der Waals surface area contributed by atoms with Gasteiger partial charge in [0.25, 0.3) is 0 Å². The quantitative estimate of drug-likeness (QED) is 0.483. The Hall–Kier alpha value is -2.75. The van der Waals surface area contributed by atoms with Gasteiger partial charge >= 0.3 is 5.63 Å². The van der Waals surface area contributed by atoms with E-state index in [1.54, 1.807) is 6.07 Å². The van der Waals surface area contributed by atoms with Crippen molar-refractivity contribution in [3.8, 4) is 5.75 Å². The molecule has 0 saturated heterocycles. The molecular weight excluding hydrogens is 362 g/mol. The molecule has 1 aliphatic heterocycles. The van der Waals surface area contributed by atoms with Gasteiger partial charge in [-0.15, -0.1) is 0 Å². The van der Waals surface area contributed by atoms with E-state index in [-0.39, 0.29) is 5.63 Å². The fourth-order valence-electron chi connectivity index (χ4n) is 3.99. The van der Waals surface area contributed by atoms with Crippen LogP contribution >= 0.6 is 0 Å². The molecule has 4 nitrogen and oxygen atoms in total. The van der Waals surface area contributed by atoms with E-state index < -0.39 is 0 Å². The number of rotatable bonds is 6. The summed E-state index contributed by atoms with van der Waals surface area (Å²) >= 11 is 0. The Bertz CT molecular complexity index is 1050. The highest BCUT2D eigenvalue weighted by Crippen LogP contribution is 2.35. The van der Waals surface area contributed by atoms with Crippen LogP contribution in [0.4, 0.5) is 5.69 Å². The van der Waals surface area contributed by atoms with Gasteiger partial charge in [0.1, 0.15) is 11.3 Å². The standard InChI is InChI=1S/C25H29NO3/c1-4-6-7-19-14-24(27)29-25-21(19)12-13-23-22(25)15-26(16-28-23)20-10-8-18(9-11-20)17(3)5-2/h8-14,17H,4-7,15-16H2,1-3H3. The van der Waals surface area contributed by atoms with Crippen LogP contribution in [0.3, 0.4) is 0 Å². The highest BCUT2D eigenvalue weighted by Gasteiger charge is 2.23. The molecule has 1 aliphatic rings. The third kappa shape index (κ3) is 3.89. The number of aryl methyl sites for hydroxylation is 1. The van der Waals surface area contributed by atoms with Crippen LogP contribution < -0.4 is 15.3 Å². The molecule has 1 aromatic heterocycles. The number of fused-ring (bicyclic) bond motifs is 3. The van der Waals surface area contributed by atoms with Gasteiger partial charge < -0.3 is 14.1 Å². The molecule has 0 bridgehead atoms. The lowest BCUT2D eigenvalue weighted by atomic mass is 9.98. The van der Waals surface area contributed by atoms with E-state index in [1.807, 2.05) is 12.1 Å². The first kappa shape index (κ1) is 19.6. The average molecular weight is 392 g/mol. The van der Waals surface area contributed by atoms with Crippen molar-refractivity contribution in [2.45, 2.75) is 58.9 Å². The van der Waals surface area contributed by atoms with E-state index in [4.69, 9.17) is 9.15 Å². The minimum atomic E-state index is -0.285. The second kappa shape index (κ2) is 8.32. The highest BCUT2D eigenvalue weighted by molar-refractivity contribution is 5.85. The SMILES string of the molecule is CCCCc1cc(=O)oc2c3c(ccc12)OCN(c1ccc(C(C)CC)cc1)C3. The first-order valence-corrected chi connectivity index (χ1v) is 10.7. The van der Waals surface area contributed by atoms with Crippen LogP contribution in [0.5, 0.6) is 5.75 Å². The molecule has 0 N–H and O–H groups in total. The Labute approximate surface area is 172 Å². The van der Waals surface area contributed by atoms with Crippen LogP contribution in [0.15, 0.2) is 51.7 Å². The van der Waals surface area contributed by atoms with Crippen molar-refractivity contribution in [2.24, 2.45) is 0 Å². The van der Waals surface area contributed by atoms with Gasteiger partial charge in [-0.05, 0) is 60.6 Å². The molecule has 1 unspecified atom stereocenters. The summed E-state index contributed by atoms with van der Waals surface area (Å²) in [5.74, 6) is 1.36. The van der Waals surface area contributed by atoms with Gasteiger partial charge in [0.2, 0.25) is 0 Å². The average Bonchev–Trinajstić information content (AvgIpc) is 2.76. The summed E-state index contributed by atoms with van der Waals surface area (Å²) < 4.78 is 11.7. The second-order valence-electron chi connectivity index (χ2n) is 7.99. The smallest absolute Gasteiger partial charge is 0.336 e. The molecule has 1 atom stereocenters. The van der Waals surface area contributed by atoms with Crippen LogP contribution in [-0.4, -0.2) is 6.73 Å². The minimum absolute atomic E-state index is 0.285. The van der Waals surface area contributed by atoms with Crippen molar-refractivity contribution in [3.05, 3.63) is 69.6 Å². The summed E-state index contributed by atoms with van der Waals surface area (Å²) in [6.07, 6.45) is 4.17. The van der Waals surface area contributed by atoms with Gasteiger partial charge in [-0.2, -0.15) is 0 Å². The lowest BCUT2D eigenvalue weighted by molar-refractivity contribution is 0.289. The summed E-state index contributed by atoms with van der Waals surface area (Å²) in [6, 6.07) is 14.4. The summed E-state index contributed by atoms with van der Waals surface area (Å²) in [5.41, 5.74) is 4.87. The third-order valence-electron chi connectivity index (χ3n) is 6.02. The van der Waals surface area contributed by atoms with Crippen LogP contribution in [0, 0.1) is 0 Å². The molecule has 4 rings (SSSR count). The normalized spacial score (nSPS) is 14.5. The zero-order chi connectivity index (χ0) is 20.4. The van der Waals surface area contributed by atoms with E-state index in [0.29, 0.717) is 24.8 Å². The fourth-order valence-corrected chi connectivity index (χ4v) is 3.99. The molecule has 2 heterocycles. The van der Waals surface area contributed by atoms with E-state index >= 15 is 0 Å². The van der Waals surface area contributed by atoms with Gasteiger partial charge in [0, 0.05) is 17.1 Å². The molecule has 0 radical (unpaired) electrons. The monoisotopic (exact) mass is 391 g/mol. The number of hydrogen-bond donors (Lipinski definition) is 0. The van der Waals surface area contributed by atoms with Crippen molar-refractivity contribution in [3.63, 3.8) is 0 Å². The molecule has 0 fully saturated rings. The summed E-state index contributed by atoms with van der Waals surface area (Å²) in [6.45, 7) is 7.77. The summed E-state index contributed by atoms with van der Waals surface area (Å²) in [4.78, 5) is 14.4. The zero-order valence-electron chi connectivity index (χ0n) is 17.5. The lowest BCUT2D eigenvalue weighted by Gasteiger charge is -2.31. The molecule has 0 saturated carbocycles. The second-order valence-corrected chi connectivity index (χ2v) is 7.99. The maximum absolute atomic E-state index is 12.2. The molecule has 0 spiro atoms. The number of hydrogen-bond acceptors (Lipinski definition) is 4. The number of unbranched alkanes of at least 4 members (excludes halogenated alkanes) is 1. The molecule has 29 heavy (non-hydrogen) atoms. The molecule has 0 amide bonds. The van der Waals surface area contributed by atoms with E-state index in [1.165, 1.54) is 5.56 Å². The first-order valence-electron chi connectivity index (χ1n) is 10.7. The Balaban J connectivity index is 1.69. The lowest BCUT2D eigenvalue weighted by Crippen LogP contribution is -2.32. The number of nitrogens with zero attached hydrogens (tertiary/aromatic N) is 1. The minimum Gasteiger partial charge on any atom is -0.473 e. The number of benzene rings is 2. The molecular formula is C25H29NO3. The predicted molar refractivity (Wildman–Crippen MR) is 118 cm³/mol. The van der Waals surface area contributed by atoms with Gasteiger partial charge in [0.15, 0.2) is 6.73 Å². The topological polar surface area (TPSA) is 42.7 Å². The third-order valence-corrected chi connectivity index (χ3v) is 6.02. The highest BCUT2D eigenvalue weighted by atomic mass is 16.5.